The molecule has 21 heavy (non-hydrogen) atoms. The van der Waals surface area contributed by atoms with Crippen molar-refractivity contribution < 1.29 is 9.59 Å². The SMILES string of the molecule is CCCNC(=O)c1cccc(C(=O)NC2CCCNC2)c1. The fourth-order valence-electron chi connectivity index (χ4n) is 2.39. The largest absolute Gasteiger partial charge is 0.352 e. The van der Waals surface area contributed by atoms with Gasteiger partial charge in [-0.1, -0.05) is 13.0 Å². The zero-order valence-corrected chi connectivity index (χ0v) is 12.4. The Kier molecular flexibility index (Phi) is 5.75. The van der Waals surface area contributed by atoms with Gasteiger partial charge in [-0.25, -0.2) is 0 Å². The zero-order chi connectivity index (χ0) is 15.1. The van der Waals surface area contributed by atoms with E-state index in [0.717, 1.165) is 32.4 Å². The van der Waals surface area contributed by atoms with E-state index in [-0.39, 0.29) is 17.9 Å². The number of piperidine rings is 1. The Morgan fingerprint density at radius 1 is 1.29 bits per heavy atom. The number of amides is 2. The predicted octanol–water partition coefficient (Wildman–Crippen LogP) is 1.31. The lowest BCUT2D eigenvalue weighted by Gasteiger charge is -2.23. The van der Waals surface area contributed by atoms with E-state index >= 15 is 0 Å². The molecule has 0 spiro atoms. The molecule has 3 N–H and O–H groups in total. The van der Waals surface area contributed by atoms with Crippen LogP contribution in [0.5, 0.6) is 0 Å². The lowest BCUT2D eigenvalue weighted by Crippen LogP contribution is -2.45. The molecule has 1 unspecified atom stereocenters. The van der Waals surface area contributed by atoms with Crippen molar-refractivity contribution in [3.05, 3.63) is 35.4 Å². The van der Waals surface area contributed by atoms with Gasteiger partial charge in [-0.2, -0.15) is 0 Å². The quantitative estimate of drug-likeness (QED) is 0.765. The average Bonchev–Trinajstić information content (AvgIpc) is 2.53. The van der Waals surface area contributed by atoms with Crippen LogP contribution in [0.15, 0.2) is 24.3 Å². The Labute approximate surface area is 125 Å². The number of rotatable bonds is 5. The zero-order valence-electron chi connectivity index (χ0n) is 12.4. The molecule has 1 fully saturated rings. The summed E-state index contributed by atoms with van der Waals surface area (Å²) in [7, 11) is 0. The Bertz CT molecular complexity index is 496. The van der Waals surface area contributed by atoms with Crippen LogP contribution in [0.4, 0.5) is 0 Å². The molecule has 0 bridgehead atoms. The van der Waals surface area contributed by atoms with Crippen LogP contribution in [0, 0.1) is 0 Å². The lowest BCUT2D eigenvalue weighted by molar-refractivity contribution is 0.0930. The first kappa shape index (κ1) is 15.5. The highest BCUT2D eigenvalue weighted by Crippen LogP contribution is 2.08. The van der Waals surface area contributed by atoms with Gasteiger partial charge in [0, 0.05) is 30.3 Å². The topological polar surface area (TPSA) is 70.2 Å². The minimum absolute atomic E-state index is 0.117. The van der Waals surface area contributed by atoms with E-state index in [1.54, 1.807) is 24.3 Å². The van der Waals surface area contributed by atoms with Crippen LogP contribution >= 0.6 is 0 Å². The number of nitrogens with one attached hydrogen (secondary N) is 3. The molecule has 0 saturated carbocycles. The van der Waals surface area contributed by atoms with E-state index in [1.165, 1.54) is 0 Å². The molecule has 0 aliphatic carbocycles. The number of carbonyl (C=O) groups excluding carboxylic acids is 2. The van der Waals surface area contributed by atoms with Crippen LogP contribution in [0.25, 0.3) is 0 Å². The first-order valence-electron chi connectivity index (χ1n) is 7.60. The van der Waals surface area contributed by atoms with Gasteiger partial charge in [0.25, 0.3) is 11.8 Å². The second-order valence-corrected chi connectivity index (χ2v) is 5.35. The van der Waals surface area contributed by atoms with Gasteiger partial charge in [0.2, 0.25) is 0 Å². The van der Waals surface area contributed by atoms with Crippen molar-refractivity contribution in [3.63, 3.8) is 0 Å². The Balaban J connectivity index is 1.98. The lowest BCUT2D eigenvalue weighted by atomic mass is 10.1. The normalized spacial score (nSPS) is 18.0. The van der Waals surface area contributed by atoms with Gasteiger partial charge in [0.1, 0.15) is 0 Å². The molecule has 1 aliphatic rings. The summed E-state index contributed by atoms with van der Waals surface area (Å²) < 4.78 is 0. The molecular formula is C16H23N3O2. The summed E-state index contributed by atoms with van der Waals surface area (Å²) in [5, 5.41) is 9.09. The molecule has 1 atom stereocenters. The number of hydrogen-bond acceptors (Lipinski definition) is 3. The second-order valence-electron chi connectivity index (χ2n) is 5.35. The number of carbonyl (C=O) groups is 2. The summed E-state index contributed by atoms with van der Waals surface area (Å²) in [4.78, 5) is 24.1. The Morgan fingerprint density at radius 2 is 2.05 bits per heavy atom. The standard InChI is InChI=1S/C16H23N3O2/c1-2-8-18-15(20)12-5-3-6-13(10-12)16(21)19-14-7-4-9-17-11-14/h3,5-6,10,14,17H,2,4,7-9,11H2,1H3,(H,18,20)(H,19,21). The van der Waals surface area contributed by atoms with Crippen LogP contribution < -0.4 is 16.0 Å². The van der Waals surface area contributed by atoms with Gasteiger partial charge >= 0.3 is 0 Å². The van der Waals surface area contributed by atoms with Gasteiger partial charge in [-0.05, 0) is 44.0 Å². The molecule has 5 nitrogen and oxygen atoms in total. The summed E-state index contributed by atoms with van der Waals surface area (Å²) in [6, 6.07) is 7.03. The van der Waals surface area contributed by atoms with Gasteiger partial charge in [0.15, 0.2) is 0 Å². The van der Waals surface area contributed by atoms with Gasteiger partial charge < -0.3 is 16.0 Å². The highest BCUT2D eigenvalue weighted by Gasteiger charge is 2.17. The van der Waals surface area contributed by atoms with Crippen LogP contribution in [0.2, 0.25) is 0 Å². The van der Waals surface area contributed by atoms with Crippen molar-refractivity contribution in [1.29, 1.82) is 0 Å². The highest BCUT2D eigenvalue weighted by atomic mass is 16.2. The Morgan fingerprint density at radius 3 is 2.71 bits per heavy atom. The molecular weight excluding hydrogens is 266 g/mol. The summed E-state index contributed by atoms with van der Waals surface area (Å²) in [6.45, 7) is 4.47. The van der Waals surface area contributed by atoms with Crippen molar-refractivity contribution in [2.45, 2.75) is 32.2 Å². The molecule has 2 amide bonds. The molecule has 114 valence electrons. The monoisotopic (exact) mass is 289 g/mol. The van der Waals surface area contributed by atoms with Crippen LogP contribution in [-0.4, -0.2) is 37.5 Å². The van der Waals surface area contributed by atoms with Gasteiger partial charge in [-0.3, -0.25) is 9.59 Å². The fourth-order valence-corrected chi connectivity index (χ4v) is 2.39. The molecule has 0 radical (unpaired) electrons. The molecule has 2 rings (SSSR count). The van der Waals surface area contributed by atoms with Crippen LogP contribution in [0.3, 0.4) is 0 Å². The van der Waals surface area contributed by atoms with E-state index in [0.29, 0.717) is 17.7 Å². The highest BCUT2D eigenvalue weighted by molar-refractivity contribution is 5.99. The summed E-state index contributed by atoms with van der Waals surface area (Å²) in [6.07, 6.45) is 2.96. The first-order chi connectivity index (χ1) is 10.2. The third-order valence-electron chi connectivity index (χ3n) is 3.55. The molecule has 1 aromatic carbocycles. The average molecular weight is 289 g/mol. The van der Waals surface area contributed by atoms with Crippen LogP contribution in [-0.2, 0) is 0 Å². The molecule has 1 saturated heterocycles. The van der Waals surface area contributed by atoms with E-state index in [2.05, 4.69) is 16.0 Å². The van der Waals surface area contributed by atoms with E-state index in [4.69, 9.17) is 0 Å². The minimum atomic E-state index is -0.133. The van der Waals surface area contributed by atoms with E-state index < -0.39 is 0 Å². The second kappa shape index (κ2) is 7.78. The molecule has 1 heterocycles. The predicted molar refractivity (Wildman–Crippen MR) is 82.4 cm³/mol. The third-order valence-corrected chi connectivity index (χ3v) is 3.55. The summed E-state index contributed by atoms with van der Waals surface area (Å²) in [5.41, 5.74) is 1.06. The smallest absolute Gasteiger partial charge is 0.251 e. The van der Waals surface area contributed by atoms with Gasteiger partial charge in [-0.15, -0.1) is 0 Å². The van der Waals surface area contributed by atoms with E-state index in [1.807, 2.05) is 6.92 Å². The van der Waals surface area contributed by atoms with Crippen molar-refractivity contribution in [2.75, 3.05) is 19.6 Å². The number of hydrogen-bond donors (Lipinski definition) is 3. The van der Waals surface area contributed by atoms with E-state index in [9.17, 15) is 9.59 Å². The van der Waals surface area contributed by atoms with Crippen molar-refractivity contribution in [3.8, 4) is 0 Å². The van der Waals surface area contributed by atoms with Crippen molar-refractivity contribution >= 4 is 11.8 Å². The van der Waals surface area contributed by atoms with Crippen molar-refractivity contribution in [1.82, 2.24) is 16.0 Å². The van der Waals surface area contributed by atoms with Gasteiger partial charge in [0.05, 0.1) is 0 Å². The molecule has 1 aromatic rings. The molecule has 0 aromatic heterocycles. The maximum atomic E-state index is 12.2. The summed E-state index contributed by atoms with van der Waals surface area (Å²) >= 11 is 0. The maximum Gasteiger partial charge on any atom is 0.251 e. The number of benzene rings is 1. The minimum Gasteiger partial charge on any atom is -0.352 e. The molecule has 1 aliphatic heterocycles. The summed E-state index contributed by atoms with van der Waals surface area (Å²) in [5.74, 6) is -0.250. The molecule has 5 heteroatoms. The Hall–Kier alpha value is -1.88. The third kappa shape index (κ3) is 4.56. The fraction of sp³-hybridized carbons (Fsp3) is 0.500. The van der Waals surface area contributed by atoms with Crippen molar-refractivity contribution in [2.24, 2.45) is 0 Å². The maximum absolute atomic E-state index is 12.2. The first-order valence-corrected chi connectivity index (χ1v) is 7.60. The van der Waals surface area contributed by atoms with Crippen LogP contribution in [0.1, 0.15) is 46.9 Å².